The van der Waals surface area contributed by atoms with E-state index in [4.69, 9.17) is 33.2 Å². The first kappa shape index (κ1) is 18.7. The normalized spacial score (nSPS) is 11.6. The molecule has 1 aromatic carbocycles. The third-order valence-corrected chi connectivity index (χ3v) is 5.58. The summed E-state index contributed by atoms with van der Waals surface area (Å²) in [5.74, 6) is 0.177. The number of carbonyl (C=O) groups is 1. The Morgan fingerprint density at radius 3 is 2.69 bits per heavy atom. The summed E-state index contributed by atoms with van der Waals surface area (Å²) >= 11 is 14.6. The Hall–Kier alpha value is -2.11. The van der Waals surface area contributed by atoms with E-state index in [0.29, 0.717) is 30.8 Å². The van der Waals surface area contributed by atoms with Gasteiger partial charge in [-0.2, -0.15) is 5.26 Å². The molecule has 0 aliphatic rings. The molecule has 1 amide bonds. The van der Waals surface area contributed by atoms with Crippen molar-refractivity contribution in [1.82, 2.24) is 4.98 Å². The summed E-state index contributed by atoms with van der Waals surface area (Å²) in [4.78, 5) is 16.7. The molecule has 9 heteroatoms. The van der Waals surface area contributed by atoms with Crippen LogP contribution in [0.3, 0.4) is 0 Å². The fourth-order valence-corrected chi connectivity index (χ4v) is 4.24. The van der Waals surface area contributed by atoms with E-state index in [9.17, 15) is 4.79 Å². The predicted octanol–water partition coefficient (Wildman–Crippen LogP) is 5.46. The number of benzene rings is 1. The number of thiophene rings is 1. The Labute approximate surface area is 167 Å². The lowest BCUT2D eigenvalue weighted by Crippen LogP contribution is -2.30. The van der Waals surface area contributed by atoms with E-state index in [1.165, 1.54) is 22.7 Å². The van der Waals surface area contributed by atoms with Crippen molar-refractivity contribution in [2.45, 2.75) is 13.0 Å². The van der Waals surface area contributed by atoms with Crippen LogP contribution < -0.4 is 10.1 Å². The molecule has 3 aromatic rings. The average Bonchev–Trinajstić information content (AvgIpc) is 3.21. The van der Waals surface area contributed by atoms with Gasteiger partial charge in [0.05, 0.1) is 21.7 Å². The molecule has 0 radical (unpaired) electrons. The van der Waals surface area contributed by atoms with E-state index < -0.39 is 6.10 Å². The number of halogens is 2. The Kier molecular flexibility index (Phi) is 5.79. The van der Waals surface area contributed by atoms with Crippen LogP contribution in [0.15, 0.2) is 35.7 Å². The third-order valence-electron chi connectivity index (χ3n) is 3.33. The second-order valence-corrected chi connectivity index (χ2v) is 8.30. The SMILES string of the molecule is CC(Oc1ccc(C#N)cc1)C(=O)Nc1nc(-c2cc(Cl)sc2Cl)cs1. The fourth-order valence-electron chi connectivity index (χ4n) is 2.04. The van der Waals surface area contributed by atoms with Gasteiger partial charge in [-0.15, -0.1) is 22.7 Å². The second kappa shape index (κ2) is 8.06. The molecular formula is C17H11Cl2N3O2S2. The largest absolute Gasteiger partial charge is 0.481 e. The van der Waals surface area contributed by atoms with Gasteiger partial charge in [-0.1, -0.05) is 23.2 Å². The van der Waals surface area contributed by atoms with Crippen LogP contribution in [-0.2, 0) is 4.79 Å². The standard InChI is InChI=1S/C17H11Cl2N3O2S2/c1-9(24-11-4-2-10(7-20)3-5-11)16(23)22-17-21-13(8-25-17)12-6-14(18)26-15(12)19/h2-6,8-9H,1H3,(H,21,22,23). The number of amides is 1. The molecule has 1 unspecified atom stereocenters. The fraction of sp³-hybridized carbons (Fsp3) is 0.118. The summed E-state index contributed by atoms with van der Waals surface area (Å²) < 4.78 is 6.71. The van der Waals surface area contributed by atoms with Crippen LogP contribution in [0.25, 0.3) is 11.3 Å². The van der Waals surface area contributed by atoms with Crippen molar-refractivity contribution in [3.8, 4) is 23.1 Å². The summed E-state index contributed by atoms with van der Waals surface area (Å²) in [6.45, 7) is 1.64. The molecule has 132 valence electrons. The molecule has 0 aliphatic heterocycles. The first-order valence-electron chi connectivity index (χ1n) is 7.34. The van der Waals surface area contributed by atoms with Gasteiger partial charge in [0.25, 0.3) is 5.91 Å². The van der Waals surface area contributed by atoms with Crippen LogP contribution in [-0.4, -0.2) is 17.0 Å². The number of anilines is 1. The number of rotatable bonds is 5. The summed E-state index contributed by atoms with van der Waals surface area (Å²) in [7, 11) is 0. The van der Waals surface area contributed by atoms with Crippen LogP contribution in [0.4, 0.5) is 5.13 Å². The van der Waals surface area contributed by atoms with E-state index in [2.05, 4.69) is 10.3 Å². The molecule has 2 aromatic heterocycles. The molecule has 0 aliphatic carbocycles. The smallest absolute Gasteiger partial charge is 0.266 e. The van der Waals surface area contributed by atoms with E-state index in [1.54, 1.807) is 42.6 Å². The number of aromatic nitrogens is 1. The maximum Gasteiger partial charge on any atom is 0.266 e. The highest BCUT2D eigenvalue weighted by atomic mass is 35.5. The average molecular weight is 424 g/mol. The number of hydrogen-bond donors (Lipinski definition) is 1. The maximum absolute atomic E-state index is 12.3. The monoisotopic (exact) mass is 423 g/mol. The van der Waals surface area contributed by atoms with E-state index in [1.807, 2.05) is 6.07 Å². The minimum atomic E-state index is -0.727. The highest BCUT2D eigenvalue weighted by molar-refractivity contribution is 7.20. The molecule has 1 N–H and O–H groups in total. The summed E-state index contributed by atoms with van der Waals surface area (Å²) in [5, 5.41) is 13.8. The minimum Gasteiger partial charge on any atom is -0.481 e. The number of carbonyl (C=O) groups excluding carboxylic acids is 1. The van der Waals surface area contributed by atoms with Crippen LogP contribution in [0.2, 0.25) is 8.67 Å². The van der Waals surface area contributed by atoms with E-state index in [0.717, 1.165) is 5.56 Å². The zero-order valence-electron chi connectivity index (χ0n) is 13.3. The molecule has 0 saturated carbocycles. The molecule has 0 spiro atoms. The molecule has 0 fully saturated rings. The van der Waals surface area contributed by atoms with Gasteiger partial charge in [0.15, 0.2) is 11.2 Å². The topological polar surface area (TPSA) is 75.0 Å². The van der Waals surface area contributed by atoms with Crippen LogP contribution in [0.5, 0.6) is 5.75 Å². The zero-order valence-corrected chi connectivity index (χ0v) is 16.5. The summed E-state index contributed by atoms with van der Waals surface area (Å²) in [6, 6.07) is 10.3. The lowest BCUT2D eigenvalue weighted by Gasteiger charge is -2.13. The Balaban J connectivity index is 1.64. The number of thiazole rings is 1. The maximum atomic E-state index is 12.3. The minimum absolute atomic E-state index is 0.329. The molecule has 0 saturated heterocycles. The van der Waals surface area contributed by atoms with Crippen molar-refractivity contribution in [3.05, 3.63) is 49.9 Å². The van der Waals surface area contributed by atoms with Gasteiger partial charge in [0, 0.05) is 10.9 Å². The van der Waals surface area contributed by atoms with Gasteiger partial charge in [-0.25, -0.2) is 4.98 Å². The van der Waals surface area contributed by atoms with Gasteiger partial charge >= 0.3 is 0 Å². The van der Waals surface area contributed by atoms with Crippen molar-refractivity contribution in [2.75, 3.05) is 5.32 Å². The highest BCUT2D eigenvalue weighted by Crippen LogP contribution is 2.39. The van der Waals surface area contributed by atoms with Gasteiger partial charge in [0.1, 0.15) is 10.1 Å². The van der Waals surface area contributed by atoms with Crippen molar-refractivity contribution in [1.29, 1.82) is 5.26 Å². The Morgan fingerprint density at radius 1 is 1.35 bits per heavy atom. The zero-order chi connectivity index (χ0) is 18.7. The number of nitrogens with one attached hydrogen (secondary N) is 1. The third kappa shape index (κ3) is 4.34. The number of ether oxygens (including phenoxy) is 1. The van der Waals surface area contributed by atoms with E-state index >= 15 is 0 Å². The Bertz CT molecular complexity index is 977. The van der Waals surface area contributed by atoms with Gasteiger partial charge in [0.2, 0.25) is 0 Å². The summed E-state index contributed by atoms with van der Waals surface area (Å²) in [6.07, 6.45) is -0.727. The van der Waals surface area contributed by atoms with E-state index in [-0.39, 0.29) is 5.91 Å². The van der Waals surface area contributed by atoms with Crippen molar-refractivity contribution in [3.63, 3.8) is 0 Å². The number of nitrogens with zero attached hydrogens (tertiary/aromatic N) is 2. The van der Waals surface area contributed by atoms with Gasteiger partial charge < -0.3 is 4.74 Å². The highest BCUT2D eigenvalue weighted by Gasteiger charge is 2.18. The first-order chi connectivity index (χ1) is 12.5. The van der Waals surface area contributed by atoms with Crippen LogP contribution in [0, 0.1) is 11.3 Å². The summed E-state index contributed by atoms with van der Waals surface area (Å²) in [5.41, 5.74) is 1.91. The van der Waals surface area contributed by atoms with Crippen molar-refractivity contribution >= 4 is 56.9 Å². The van der Waals surface area contributed by atoms with Gasteiger partial charge in [-0.3, -0.25) is 10.1 Å². The van der Waals surface area contributed by atoms with Crippen LogP contribution >= 0.6 is 45.9 Å². The molecule has 3 rings (SSSR count). The molecular weight excluding hydrogens is 413 g/mol. The predicted molar refractivity (Wildman–Crippen MR) is 105 cm³/mol. The quantitative estimate of drug-likeness (QED) is 0.591. The first-order valence-corrected chi connectivity index (χ1v) is 9.80. The molecule has 0 bridgehead atoms. The Morgan fingerprint density at radius 2 is 2.08 bits per heavy atom. The number of nitriles is 1. The molecule has 1 atom stereocenters. The molecule has 26 heavy (non-hydrogen) atoms. The van der Waals surface area contributed by atoms with Crippen molar-refractivity contribution < 1.29 is 9.53 Å². The second-order valence-electron chi connectivity index (χ2n) is 5.16. The van der Waals surface area contributed by atoms with Gasteiger partial charge in [-0.05, 0) is 37.3 Å². The number of hydrogen-bond acceptors (Lipinski definition) is 6. The molecule has 5 nitrogen and oxygen atoms in total. The van der Waals surface area contributed by atoms with Crippen molar-refractivity contribution in [2.24, 2.45) is 0 Å². The molecule has 2 heterocycles. The lowest BCUT2D eigenvalue weighted by atomic mass is 10.2. The lowest BCUT2D eigenvalue weighted by molar-refractivity contribution is -0.122. The van der Waals surface area contributed by atoms with Crippen LogP contribution in [0.1, 0.15) is 12.5 Å².